The first-order valence-corrected chi connectivity index (χ1v) is 6.08. The minimum Gasteiger partial charge on any atom is -0.370 e. The maximum Gasteiger partial charge on any atom is 0.220 e. The Bertz CT molecular complexity index is 370. The SMILES string of the molecule is CC(=O)C(N)CCC(N)=O.CC(=O)C1CCC(=O)N1.N. The van der Waals surface area contributed by atoms with Gasteiger partial charge in [0.2, 0.25) is 11.8 Å². The topological polar surface area (TPSA) is 167 Å². The molecule has 2 unspecified atom stereocenters. The van der Waals surface area contributed by atoms with Crippen LogP contribution in [0.1, 0.15) is 39.5 Å². The number of rotatable bonds is 5. The summed E-state index contributed by atoms with van der Waals surface area (Å²) in [4.78, 5) is 41.7. The molecule has 0 aromatic carbocycles. The highest BCUT2D eigenvalue weighted by molar-refractivity contribution is 5.90. The summed E-state index contributed by atoms with van der Waals surface area (Å²) in [5.41, 5.74) is 10.1. The zero-order chi connectivity index (χ0) is 15.0. The third kappa shape index (κ3) is 9.17. The molecule has 8 N–H and O–H groups in total. The molecule has 8 heteroatoms. The Morgan fingerprint density at radius 1 is 1.35 bits per heavy atom. The molecule has 0 saturated carbocycles. The zero-order valence-corrected chi connectivity index (χ0v) is 12.0. The second-order valence-corrected chi connectivity index (χ2v) is 4.49. The lowest BCUT2D eigenvalue weighted by Crippen LogP contribution is -2.31. The molecular weight excluding hydrogens is 264 g/mol. The monoisotopic (exact) mass is 288 g/mol. The van der Waals surface area contributed by atoms with E-state index in [-0.39, 0.29) is 36.1 Å². The first-order valence-electron chi connectivity index (χ1n) is 6.08. The van der Waals surface area contributed by atoms with Crippen LogP contribution in [0.4, 0.5) is 0 Å². The van der Waals surface area contributed by atoms with Crippen molar-refractivity contribution in [1.82, 2.24) is 11.5 Å². The van der Waals surface area contributed by atoms with E-state index in [1.165, 1.54) is 13.8 Å². The molecule has 1 rings (SSSR count). The molecule has 0 aromatic rings. The van der Waals surface area contributed by atoms with Gasteiger partial charge < -0.3 is 22.9 Å². The van der Waals surface area contributed by atoms with Gasteiger partial charge in [-0.1, -0.05) is 0 Å². The largest absolute Gasteiger partial charge is 0.370 e. The minimum atomic E-state index is -0.535. The van der Waals surface area contributed by atoms with Gasteiger partial charge >= 0.3 is 0 Å². The van der Waals surface area contributed by atoms with Crippen molar-refractivity contribution in [2.75, 3.05) is 0 Å². The Kier molecular flexibility index (Phi) is 10.3. The van der Waals surface area contributed by atoms with Gasteiger partial charge in [0.05, 0.1) is 12.1 Å². The Balaban J connectivity index is 0. The van der Waals surface area contributed by atoms with Crippen LogP contribution in [0.25, 0.3) is 0 Å². The number of amides is 2. The molecular formula is C12H24N4O4. The number of nitrogens with two attached hydrogens (primary N) is 2. The lowest BCUT2D eigenvalue weighted by Gasteiger charge is -2.03. The summed E-state index contributed by atoms with van der Waals surface area (Å²) in [5.74, 6) is -0.478. The van der Waals surface area contributed by atoms with Gasteiger partial charge in [0.15, 0.2) is 5.78 Å². The van der Waals surface area contributed by atoms with Crippen molar-refractivity contribution in [3.05, 3.63) is 0 Å². The molecule has 0 aliphatic carbocycles. The minimum absolute atomic E-state index is 0. The van der Waals surface area contributed by atoms with Crippen LogP contribution < -0.4 is 22.9 Å². The maximum atomic E-state index is 10.6. The highest BCUT2D eigenvalue weighted by Crippen LogP contribution is 2.06. The fraction of sp³-hybridized carbons (Fsp3) is 0.667. The van der Waals surface area contributed by atoms with Crippen LogP contribution in [0, 0.1) is 0 Å². The summed E-state index contributed by atoms with van der Waals surface area (Å²) in [7, 11) is 0. The maximum absolute atomic E-state index is 10.6. The van der Waals surface area contributed by atoms with Crippen LogP contribution in [0.5, 0.6) is 0 Å². The predicted octanol–water partition coefficient (Wildman–Crippen LogP) is -0.816. The number of ketones is 2. The van der Waals surface area contributed by atoms with Gasteiger partial charge in [-0.2, -0.15) is 0 Å². The molecule has 2 atom stereocenters. The molecule has 1 heterocycles. The molecule has 20 heavy (non-hydrogen) atoms. The van der Waals surface area contributed by atoms with E-state index in [1.807, 2.05) is 0 Å². The molecule has 0 aromatic heterocycles. The molecule has 0 radical (unpaired) electrons. The molecule has 1 saturated heterocycles. The van der Waals surface area contributed by atoms with Crippen molar-refractivity contribution in [2.45, 2.75) is 51.6 Å². The van der Waals surface area contributed by atoms with E-state index in [0.29, 0.717) is 19.3 Å². The van der Waals surface area contributed by atoms with Gasteiger partial charge in [0.1, 0.15) is 5.78 Å². The summed E-state index contributed by atoms with van der Waals surface area (Å²) in [6.45, 7) is 2.89. The number of primary amides is 1. The predicted molar refractivity (Wildman–Crippen MR) is 74.0 cm³/mol. The average Bonchev–Trinajstić information content (AvgIpc) is 2.73. The lowest BCUT2D eigenvalue weighted by atomic mass is 10.1. The second-order valence-electron chi connectivity index (χ2n) is 4.49. The van der Waals surface area contributed by atoms with Crippen molar-refractivity contribution < 1.29 is 19.2 Å². The Hall–Kier alpha value is -1.80. The summed E-state index contributed by atoms with van der Waals surface area (Å²) < 4.78 is 0. The van der Waals surface area contributed by atoms with E-state index in [1.54, 1.807) is 0 Å². The van der Waals surface area contributed by atoms with E-state index in [9.17, 15) is 19.2 Å². The Morgan fingerprint density at radius 2 is 1.90 bits per heavy atom. The van der Waals surface area contributed by atoms with Gasteiger partial charge in [-0.15, -0.1) is 0 Å². The van der Waals surface area contributed by atoms with Crippen LogP contribution in [0.15, 0.2) is 0 Å². The van der Waals surface area contributed by atoms with Crippen molar-refractivity contribution in [2.24, 2.45) is 11.5 Å². The first kappa shape index (κ1) is 20.5. The van der Waals surface area contributed by atoms with E-state index < -0.39 is 11.9 Å². The number of hydrogen-bond donors (Lipinski definition) is 4. The Morgan fingerprint density at radius 3 is 2.15 bits per heavy atom. The van der Waals surface area contributed by atoms with E-state index in [2.05, 4.69) is 5.32 Å². The molecule has 0 bridgehead atoms. The molecule has 0 spiro atoms. The molecule has 8 nitrogen and oxygen atoms in total. The summed E-state index contributed by atoms with van der Waals surface area (Å²) in [6.07, 6.45) is 1.71. The van der Waals surface area contributed by atoms with Gasteiger partial charge in [-0.3, -0.25) is 19.2 Å². The van der Waals surface area contributed by atoms with Crippen LogP contribution in [0.2, 0.25) is 0 Å². The third-order valence-electron chi connectivity index (χ3n) is 2.71. The number of nitrogens with one attached hydrogen (secondary N) is 1. The standard InChI is InChI=1S/C6H12N2O2.C6H9NO2.H3N/c1-4(9)5(7)2-3-6(8)10;1-4(8)5-2-3-6(9)7-5;/h5H,2-3,7H2,1H3,(H2,8,10);5H,2-3H2,1H3,(H,7,9);1H3. The van der Waals surface area contributed by atoms with Crippen LogP contribution in [-0.4, -0.2) is 35.5 Å². The number of hydrogen-bond acceptors (Lipinski definition) is 6. The summed E-state index contributed by atoms with van der Waals surface area (Å²) in [6, 6.07) is -0.731. The van der Waals surface area contributed by atoms with Crippen molar-refractivity contribution >= 4 is 23.4 Å². The van der Waals surface area contributed by atoms with E-state index in [4.69, 9.17) is 11.5 Å². The smallest absolute Gasteiger partial charge is 0.220 e. The van der Waals surface area contributed by atoms with Crippen molar-refractivity contribution in [3.63, 3.8) is 0 Å². The second kappa shape index (κ2) is 10.0. The van der Waals surface area contributed by atoms with E-state index in [0.717, 1.165) is 0 Å². The fourth-order valence-corrected chi connectivity index (χ4v) is 1.42. The number of carbonyl (C=O) groups excluding carboxylic acids is 4. The first-order chi connectivity index (χ1) is 8.73. The molecule has 116 valence electrons. The zero-order valence-electron chi connectivity index (χ0n) is 12.0. The van der Waals surface area contributed by atoms with Gasteiger partial charge in [-0.05, 0) is 26.7 Å². The van der Waals surface area contributed by atoms with Crippen molar-refractivity contribution in [1.29, 1.82) is 0 Å². The molecule has 1 fully saturated rings. The van der Waals surface area contributed by atoms with Crippen molar-refractivity contribution in [3.8, 4) is 0 Å². The molecule has 1 aliphatic heterocycles. The average molecular weight is 288 g/mol. The molecule has 2 amide bonds. The number of Topliss-reactive ketones (excluding diaryl/α,β-unsaturated/α-hetero) is 2. The summed E-state index contributed by atoms with van der Waals surface area (Å²) in [5, 5.41) is 2.56. The number of carbonyl (C=O) groups is 4. The third-order valence-corrected chi connectivity index (χ3v) is 2.71. The molecule has 1 aliphatic rings. The highest BCUT2D eigenvalue weighted by atomic mass is 16.2. The van der Waals surface area contributed by atoms with Gasteiger partial charge in [0.25, 0.3) is 0 Å². The van der Waals surface area contributed by atoms with Crippen LogP contribution in [-0.2, 0) is 19.2 Å². The quantitative estimate of drug-likeness (QED) is 0.515. The lowest BCUT2D eigenvalue weighted by molar-refractivity contribution is -0.123. The van der Waals surface area contributed by atoms with Gasteiger partial charge in [-0.25, -0.2) is 0 Å². The fourth-order valence-electron chi connectivity index (χ4n) is 1.42. The van der Waals surface area contributed by atoms with Crippen LogP contribution in [0.3, 0.4) is 0 Å². The normalized spacial score (nSPS) is 17.9. The van der Waals surface area contributed by atoms with Gasteiger partial charge in [0, 0.05) is 12.8 Å². The highest BCUT2D eigenvalue weighted by Gasteiger charge is 2.23. The Labute approximate surface area is 118 Å². The van der Waals surface area contributed by atoms with E-state index >= 15 is 0 Å². The summed E-state index contributed by atoms with van der Waals surface area (Å²) >= 11 is 0. The van der Waals surface area contributed by atoms with Crippen LogP contribution >= 0.6 is 0 Å².